The summed E-state index contributed by atoms with van der Waals surface area (Å²) in [6.45, 7) is 2.08. The molecule has 0 aromatic carbocycles. The highest BCUT2D eigenvalue weighted by Gasteiger charge is 2.15. The van der Waals surface area contributed by atoms with Crippen molar-refractivity contribution < 1.29 is 8.42 Å². The Morgan fingerprint density at radius 2 is 2.22 bits per heavy atom. The number of pyridine rings is 1. The summed E-state index contributed by atoms with van der Waals surface area (Å²) in [4.78, 5) is 8.95. The third-order valence-electron chi connectivity index (χ3n) is 2.09. The van der Waals surface area contributed by atoms with E-state index in [1.807, 2.05) is 6.92 Å². The number of hydrogen-bond donors (Lipinski definition) is 1. The van der Waals surface area contributed by atoms with Gasteiger partial charge in [-0.25, -0.2) is 23.1 Å². The molecule has 0 aliphatic heterocycles. The molecular formula is C10H10ClN3O2S2. The number of thiazole rings is 1. The standard InChI is InChI=1S/C10H10ClN3O2S2/c1-7-5-13-10(17-7)6-14-18(15,16)8-2-3-12-9(11)4-8/h2-5,14H,6H2,1H3. The van der Waals surface area contributed by atoms with E-state index in [0.717, 1.165) is 9.88 Å². The quantitative estimate of drug-likeness (QED) is 0.877. The van der Waals surface area contributed by atoms with Crippen LogP contribution in [0.15, 0.2) is 29.4 Å². The SMILES string of the molecule is Cc1cnc(CNS(=O)(=O)c2ccnc(Cl)c2)s1. The molecule has 0 saturated carbocycles. The Hall–Kier alpha value is -1.02. The van der Waals surface area contributed by atoms with E-state index in [-0.39, 0.29) is 16.6 Å². The molecule has 0 amide bonds. The lowest BCUT2D eigenvalue weighted by molar-refractivity contribution is 0.581. The second-order valence-electron chi connectivity index (χ2n) is 3.50. The van der Waals surface area contributed by atoms with Gasteiger partial charge in [0.15, 0.2) is 0 Å². The number of nitrogens with zero attached hydrogens (tertiary/aromatic N) is 2. The van der Waals surface area contributed by atoms with E-state index >= 15 is 0 Å². The summed E-state index contributed by atoms with van der Waals surface area (Å²) < 4.78 is 26.4. The molecule has 0 spiro atoms. The van der Waals surface area contributed by atoms with Crippen molar-refractivity contribution in [2.24, 2.45) is 0 Å². The number of rotatable bonds is 4. The van der Waals surface area contributed by atoms with E-state index in [4.69, 9.17) is 11.6 Å². The first-order valence-corrected chi connectivity index (χ1v) is 7.68. The first-order valence-electron chi connectivity index (χ1n) is 5.00. The molecule has 2 aromatic rings. The van der Waals surface area contributed by atoms with Gasteiger partial charge in [-0.05, 0) is 19.1 Å². The summed E-state index contributed by atoms with van der Waals surface area (Å²) in [5, 5.41) is 0.860. The summed E-state index contributed by atoms with van der Waals surface area (Å²) >= 11 is 7.11. The Morgan fingerprint density at radius 3 is 2.83 bits per heavy atom. The zero-order valence-electron chi connectivity index (χ0n) is 9.42. The Kier molecular flexibility index (Phi) is 3.96. The molecule has 96 valence electrons. The summed E-state index contributed by atoms with van der Waals surface area (Å²) in [7, 11) is -3.58. The van der Waals surface area contributed by atoms with E-state index in [9.17, 15) is 8.42 Å². The van der Waals surface area contributed by atoms with Gasteiger partial charge < -0.3 is 0 Å². The van der Waals surface area contributed by atoms with Gasteiger partial charge in [0.2, 0.25) is 10.0 Å². The van der Waals surface area contributed by atoms with E-state index in [1.54, 1.807) is 6.20 Å². The van der Waals surface area contributed by atoms with E-state index in [1.165, 1.54) is 29.7 Å². The molecule has 1 N–H and O–H groups in total. The summed E-state index contributed by atoms with van der Waals surface area (Å²) in [5.41, 5.74) is 0. The molecule has 0 fully saturated rings. The van der Waals surface area contributed by atoms with Gasteiger partial charge in [-0.3, -0.25) is 0 Å². The van der Waals surface area contributed by atoms with Crippen LogP contribution in [0.3, 0.4) is 0 Å². The highest BCUT2D eigenvalue weighted by molar-refractivity contribution is 7.89. The third kappa shape index (κ3) is 3.26. The maximum absolute atomic E-state index is 11.9. The molecule has 2 rings (SSSR count). The van der Waals surface area contributed by atoms with Gasteiger partial charge in [-0.2, -0.15) is 0 Å². The molecule has 2 aromatic heterocycles. The lowest BCUT2D eigenvalue weighted by atomic mass is 10.5. The van der Waals surface area contributed by atoms with Crippen molar-refractivity contribution in [3.8, 4) is 0 Å². The molecule has 0 bridgehead atoms. The number of aromatic nitrogens is 2. The van der Waals surface area contributed by atoms with Crippen LogP contribution in [0.2, 0.25) is 5.15 Å². The van der Waals surface area contributed by atoms with Crippen LogP contribution in [0.5, 0.6) is 0 Å². The van der Waals surface area contributed by atoms with Gasteiger partial charge in [0.05, 0.1) is 11.4 Å². The minimum atomic E-state index is -3.58. The topological polar surface area (TPSA) is 72.0 Å². The minimum absolute atomic E-state index is 0.0933. The van der Waals surface area contributed by atoms with Crippen molar-refractivity contribution in [1.82, 2.24) is 14.7 Å². The predicted octanol–water partition coefficient (Wildman–Crippen LogP) is 1.98. The van der Waals surface area contributed by atoms with Gasteiger partial charge >= 0.3 is 0 Å². The van der Waals surface area contributed by atoms with Gasteiger partial charge in [-0.1, -0.05) is 11.6 Å². The first-order chi connectivity index (χ1) is 8.47. The number of hydrogen-bond acceptors (Lipinski definition) is 5. The van der Waals surface area contributed by atoms with Gasteiger partial charge in [0.25, 0.3) is 0 Å². The highest BCUT2D eigenvalue weighted by atomic mass is 35.5. The molecule has 0 aliphatic rings. The third-order valence-corrected chi connectivity index (χ3v) is 4.61. The normalized spacial score (nSPS) is 11.7. The molecule has 2 heterocycles. The zero-order chi connectivity index (χ0) is 13.2. The smallest absolute Gasteiger partial charge is 0.241 e. The summed E-state index contributed by atoms with van der Waals surface area (Å²) in [6.07, 6.45) is 3.06. The molecule has 0 radical (unpaired) electrons. The van der Waals surface area contributed by atoms with E-state index in [2.05, 4.69) is 14.7 Å². The lowest BCUT2D eigenvalue weighted by Gasteiger charge is -2.04. The number of aryl methyl sites for hydroxylation is 1. The lowest BCUT2D eigenvalue weighted by Crippen LogP contribution is -2.23. The van der Waals surface area contributed by atoms with Gasteiger partial charge in [0, 0.05) is 17.3 Å². The van der Waals surface area contributed by atoms with Crippen LogP contribution in [0.4, 0.5) is 0 Å². The summed E-state index contributed by atoms with van der Waals surface area (Å²) in [6, 6.07) is 2.69. The van der Waals surface area contributed by atoms with Crippen LogP contribution in [-0.2, 0) is 16.6 Å². The molecule has 18 heavy (non-hydrogen) atoms. The Balaban J connectivity index is 2.13. The maximum atomic E-state index is 11.9. The predicted molar refractivity (Wildman–Crippen MR) is 70.1 cm³/mol. The number of sulfonamides is 1. The molecule has 0 aliphatic carbocycles. The van der Waals surface area contributed by atoms with Crippen molar-refractivity contribution >= 4 is 33.0 Å². The Morgan fingerprint density at radius 1 is 1.44 bits per heavy atom. The van der Waals surface area contributed by atoms with Gasteiger partial charge in [-0.15, -0.1) is 11.3 Å². The van der Waals surface area contributed by atoms with E-state index in [0.29, 0.717) is 0 Å². The van der Waals surface area contributed by atoms with Crippen molar-refractivity contribution in [2.45, 2.75) is 18.4 Å². The van der Waals surface area contributed by atoms with Crippen LogP contribution in [0.1, 0.15) is 9.88 Å². The number of halogens is 1. The van der Waals surface area contributed by atoms with Crippen LogP contribution in [0, 0.1) is 6.92 Å². The van der Waals surface area contributed by atoms with Crippen LogP contribution in [0.25, 0.3) is 0 Å². The maximum Gasteiger partial charge on any atom is 0.241 e. The molecule has 0 atom stereocenters. The second kappa shape index (κ2) is 5.31. The molecule has 8 heteroatoms. The van der Waals surface area contributed by atoms with Crippen LogP contribution in [-0.4, -0.2) is 18.4 Å². The van der Waals surface area contributed by atoms with Gasteiger partial charge in [0.1, 0.15) is 10.2 Å². The fraction of sp³-hybridized carbons (Fsp3) is 0.200. The molecule has 0 unspecified atom stereocenters. The van der Waals surface area contributed by atoms with Crippen molar-refractivity contribution in [3.05, 3.63) is 39.6 Å². The highest BCUT2D eigenvalue weighted by Crippen LogP contribution is 2.15. The fourth-order valence-electron chi connectivity index (χ4n) is 1.28. The molecular weight excluding hydrogens is 294 g/mol. The molecule has 0 saturated heterocycles. The van der Waals surface area contributed by atoms with Crippen molar-refractivity contribution in [3.63, 3.8) is 0 Å². The average molecular weight is 304 g/mol. The number of nitrogens with one attached hydrogen (secondary N) is 1. The molecule has 5 nitrogen and oxygen atoms in total. The minimum Gasteiger partial charge on any atom is -0.248 e. The first kappa shape index (κ1) is 13.4. The average Bonchev–Trinajstić information content (AvgIpc) is 2.73. The van der Waals surface area contributed by atoms with E-state index < -0.39 is 10.0 Å². The summed E-state index contributed by atoms with van der Waals surface area (Å²) in [5.74, 6) is 0. The fourth-order valence-corrected chi connectivity index (χ4v) is 3.33. The Labute approximate surface area is 114 Å². The Bertz CT molecular complexity index is 655. The van der Waals surface area contributed by atoms with Crippen LogP contribution >= 0.6 is 22.9 Å². The van der Waals surface area contributed by atoms with Crippen molar-refractivity contribution in [2.75, 3.05) is 0 Å². The van der Waals surface area contributed by atoms with Crippen molar-refractivity contribution in [1.29, 1.82) is 0 Å². The second-order valence-corrected chi connectivity index (χ2v) is 6.98. The monoisotopic (exact) mass is 303 g/mol. The zero-order valence-corrected chi connectivity index (χ0v) is 11.8. The van der Waals surface area contributed by atoms with Crippen LogP contribution < -0.4 is 4.72 Å². The largest absolute Gasteiger partial charge is 0.248 e.